The van der Waals surface area contributed by atoms with Crippen molar-refractivity contribution in [1.29, 1.82) is 0 Å². The van der Waals surface area contributed by atoms with Crippen LogP contribution in [0.15, 0.2) is 0 Å². The normalized spacial score (nSPS) is 13.2. The third-order valence-corrected chi connectivity index (χ3v) is 4.23. The first kappa shape index (κ1) is 12.1. The van der Waals surface area contributed by atoms with Crippen LogP contribution in [0.2, 0.25) is 0 Å². The summed E-state index contributed by atoms with van der Waals surface area (Å²) in [6.07, 6.45) is 4.39. The summed E-state index contributed by atoms with van der Waals surface area (Å²) >= 11 is 1.67. The summed E-state index contributed by atoms with van der Waals surface area (Å²) in [7, 11) is 1.84. The molecule has 0 bridgehead atoms. The third-order valence-electron chi connectivity index (χ3n) is 2.92. The van der Waals surface area contributed by atoms with Gasteiger partial charge in [0.05, 0.1) is 5.56 Å². The molecule has 4 nitrogen and oxygen atoms in total. The summed E-state index contributed by atoms with van der Waals surface area (Å²) in [6.45, 7) is 0.413. The summed E-state index contributed by atoms with van der Waals surface area (Å²) in [5.41, 5.74) is 1.99. The zero-order valence-corrected chi connectivity index (χ0v) is 10.7. The Morgan fingerprint density at radius 3 is 3.00 bits per heavy atom. The fourth-order valence-corrected chi connectivity index (χ4v) is 3.39. The van der Waals surface area contributed by atoms with Gasteiger partial charge in [0.1, 0.15) is 11.3 Å². The van der Waals surface area contributed by atoms with Gasteiger partial charge in [-0.2, -0.15) is 0 Å². The van der Waals surface area contributed by atoms with Gasteiger partial charge in [0, 0.05) is 24.9 Å². The molecule has 17 heavy (non-hydrogen) atoms. The van der Waals surface area contributed by atoms with Crippen molar-refractivity contribution < 1.29 is 9.59 Å². The van der Waals surface area contributed by atoms with Crippen molar-refractivity contribution in [2.24, 2.45) is 0 Å². The van der Waals surface area contributed by atoms with Crippen LogP contribution in [0.5, 0.6) is 0 Å². The molecule has 0 saturated carbocycles. The van der Waals surface area contributed by atoms with Gasteiger partial charge in [-0.25, -0.2) is 0 Å². The van der Waals surface area contributed by atoms with E-state index in [-0.39, 0.29) is 5.91 Å². The molecule has 92 valence electrons. The van der Waals surface area contributed by atoms with E-state index in [1.807, 2.05) is 7.05 Å². The second-order valence-corrected chi connectivity index (χ2v) is 5.13. The molecule has 2 rings (SSSR count). The lowest BCUT2D eigenvalue weighted by molar-refractivity contribution is -0.107. The van der Waals surface area contributed by atoms with Gasteiger partial charge in [0.15, 0.2) is 0 Å². The molecule has 0 aliphatic heterocycles. The van der Waals surface area contributed by atoms with Crippen LogP contribution >= 0.6 is 11.3 Å². The van der Waals surface area contributed by atoms with Gasteiger partial charge < -0.3 is 15.4 Å². The zero-order valence-electron chi connectivity index (χ0n) is 9.84. The number of aldehydes is 1. The fraction of sp³-hybridized carbons (Fsp3) is 0.500. The predicted octanol–water partition coefficient (Wildman–Crippen LogP) is 1.60. The minimum Gasteiger partial charge on any atom is -0.379 e. The summed E-state index contributed by atoms with van der Waals surface area (Å²) in [6, 6.07) is 0. The summed E-state index contributed by atoms with van der Waals surface area (Å²) in [5.74, 6) is -0.0596. The van der Waals surface area contributed by atoms with E-state index in [1.165, 1.54) is 10.4 Å². The van der Waals surface area contributed by atoms with Crippen molar-refractivity contribution in [3.8, 4) is 0 Å². The molecule has 1 aromatic heterocycles. The SMILES string of the molecule is CNc1sc2c(c1C(=O)NCCC=O)CCC2. The van der Waals surface area contributed by atoms with Crippen LogP contribution in [0.4, 0.5) is 5.00 Å². The molecule has 0 aromatic carbocycles. The number of amides is 1. The van der Waals surface area contributed by atoms with Crippen LogP contribution in [-0.4, -0.2) is 25.8 Å². The van der Waals surface area contributed by atoms with Gasteiger partial charge in [-0.15, -0.1) is 11.3 Å². The van der Waals surface area contributed by atoms with Gasteiger partial charge in [0.2, 0.25) is 0 Å². The number of anilines is 1. The lowest BCUT2D eigenvalue weighted by atomic mass is 10.1. The van der Waals surface area contributed by atoms with Crippen LogP contribution in [-0.2, 0) is 17.6 Å². The van der Waals surface area contributed by atoms with Crippen molar-refractivity contribution in [2.75, 3.05) is 18.9 Å². The van der Waals surface area contributed by atoms with E-state index in [1.54, 1.807) is 11.3 Å². The Labute approximate surface area is 104 Å². The maximum absolute atomic E-state index is 12.1. The van der Waals surface area contributed by atoms with E-state index < -0.39 is 0 Å². The molecule has 0 saturated heterocycles. The van der Waals surface area contributed by atoms with E-state index in [4.69, 9.17) is 0 Å². The number of fused-ring (bicyclic) bond motifs is 1. The number of rotatable bonds is 5. The largest absolute Gasteiger partial charge is 0.379 e. The van der Waals surface area contributed by atoms with Crippen LogP contribution in [0, 0.1) is 0 Å². The van der Waals surface area contributed by atoms with Crippen molar-refractivity contribution >= 4 is 28.5 Å². The molecule has 1 aromatic rings. The highest BCUT2D eigenvalue weighted by molar-refractivity contribution is 7.16. The fourth-order valence-electron chi connectivity index (χ4n) is 2.15. The highest BCUT2D eigenvalue weighted by Gasteiger charge is 2.25. The molecule has 1 aliphatic carbocycles. The van der Waals surface area contributed by atoms with E-state index in [0.29, 0.717) is 13.0 Å². The second-order valence-electron chi connectivity index (χ2n) is 4.02. The molecular weight excluding hydrogens is 236 g/mol. The number of carbonyl (C=O) groups excluding carboxylic acids is 2. The van der Waals surface area contributed by atoms with Gasteiger partial charge in [-0.3, -0.25) is 4.79 Å². The smallest absolute Gasteiger partial charge is 0.254 e. The Kier molecular flexibility index (Phi) is 3.78. The van der Waals surface area contributed by atoms with Crippen molar-refractivity contribution in [1.82, 2.24) is 5.32 Å². The van der Waals surface area contributed by atoms with E-state index in [9.17, 15) is 9.59 Å². The average molecular weight is 252 g/mol. The van der Waals surface area contributed by atoms with Crippen LogP contribution in [0.3, 0.4) is 0 Å². The predicted molar refractivity (Wildman–Crippen MR) is 68.9 cm³/mol. The maximum Gasteiger partial charge on any atom is 0.254 e. The van der Waals surface area contributed by atoms with Gasteiger partial charge in [-0.1, -0.05) is 0 Å². The lowest BCUT2D eigenvalue weighted by Gasteiger charge is -2.06. The van der Waals surface area contributed by atoms with E-state index in [0.717, 1.165) is 36.1 Å². The van der Waals surface area contributed by atoms with Gasteiger partial charge in [0.25, 0.3) is 5.91 Å². The molecule has 1 aliphatic rings. The first-order chi connectivity index (χ1) is 8.27. The maximum atomic E-state index is 12.1. The van der Waals surface area contributed by atoms with E-state index in [2.05, 4.69) is 10.6 Å². The summed E-state index contributed by atoms with van der Waals surface area (Å²) < 4.78 is 0. The summed E-state index contributed by atoms with van der Waals surface area (Å²) in [5, 5.41) is 6.81. The molecule has 0 spiro atoms. The highest BCUT2D eigenvalue weighted by atomic mass is 32.1. The first-order valence-corrected chi connectivity index (χ1v) is 6.63. The first-order valence-electron chi connectivity index (χ1n) is 5.82. The van der Waals surface area contributed by atoms with Crippen LogP contribution < -0.4 is 10.6 Å². The molecule has 1 amide bonds. The summed E-state index contributed by atoms with van der Waals surface area (Å²) in [4.78, 5) is 23.6. The molecule has 0 fully saturated rings. The Bertz CT molecular complexity index is 440. The van der Waals surface area contributed by atoms with Crippen molar-refractivity contribution in [3.63, 3.8) is 0 Å². The molecule has 0 radical (unpaired) electrons. The van der Waals surface area contributed by atoms with Gasteiger partial charge >= 0.3 is 0 Å². The zero-order chi connectivity index (χ0) is 12.3. The minimum atomic E-state index is -0.0596. The Balaban J connectivity index is 2.18. The van der Waals surface area contributed by atoms with Gasteiger partial charge in [-0.05, 0) is 24.8 Å². The standard InChI is InChI=1S/C12H16N2O2S/c1-13-12-10(11(16)14-6-3-7-15)8-4-2-5-9(8)17-12/h7,13H,2-6H2,1H3,(H,14,16). The number of hydrogen-bond donors (Lipinski definition) is 2. The third kappa shape index (κ3) is 2.34. The highest BCUT2D eigenvalue weighted by Crippen LogP contribution is 2.38. The van der Waals surface area contributed by atoms with E-state index >= 15 is 0 Å². The van der Waals surface area contributed by atoms with Crippen molar-refractivity contribution in [3.05, 3.63) is 16.0 Å². The molecule has 2 N–H and O–H groups in total. The number of hydrogen-bond acceptors (Lipinski definition) is 4. The average Bonchev–Trinajstić information content (AvgIpc) is 2.87. The van der Waals surface area contributed by atoms with Crippen LogP contribution in [0.1, 0.15) is 33.6 Å². The molecule has 0 atom stereocenters. The van der Waals surface area contributed by atoms with Crippen molar-refractivity contribution in [2.45, 2.75) is 25.7 Å². The molecule has 0 unspecified atom stereocenters. The second kappa shape index (κ2) is 5.31. The molecule has 1 heterocycles. The lowest BCUT2D eigenvalue weighted by Crippen LogP contribution is -2.25. The molecule has 5 heteroatoms. The topological polar surface area (TPSA) is 58.2 Å². The monoisotopic (exact) mass is 252 g/mol. The number of aryl methyl sites for hydroxylation is 1. The molecular formula is C12H16N2O2S. The minimum absolute atomic E-state index is 0.0596. The Hall–Kier alpha value is -1.36. The number of nitrogens with one attached hydrogen (secondary N) is 2. The quantitative estimate of drug-likeness (QED) is 0.618. The Morgan fingerprint density at radius 2 is 2.29 bits per heavy atom. The number of carbonyl (C=O) groups is 2. The number of thiophene rings is 1. The van der Waals surface area contributed by atoms with Crippen LogP contribution in [0.25, 0.3) is 0 Å². The Morgan fingerprint density at radius 1 is 1.47 bits per heavy atom.